The molecule has 2 heterocycles. The number of aromatic nitrogens is 1. The summed E-state index contributed by atoms with van der Waals surface area (Å²) in [5, 5.41) is 3.87. The van der Waals surface area contributed by atoms with Crippen LogP contribution in [0.1, 0.15) is 30.4 Å². The number of carbonyl (C=O) groups excluding carboxylic acids is 1. The Bertz CT molecular complexity index is 1150. The summed E-state index contributed by atoms with van der Waals surface area (Å²) in [6.07, 6.45) is 4.89. The first kappa shape index (κ1) is 19.7. The van der Waals surface area contributed by atoms with Gasteiger partial charge in [0.05, 0.1) is 11.3 Å². The third-order valence-electron chi connectivity index (χ3n) is 5.43. The lowest BCUT2D eigenvalue weighted by molar-refractivity contribution is -0.115. The van der Waals surface area contributed by atoms with Gasteiger partial charge in [0.1, 0.15) is 0 Å². The fourth-order valence-corrected chi connectivity index (χ4v) is 5.62. The molecule has 6 nitrogen and oxygen atoms in total. The van der Waals surface area contributed by atoms with Crippen LogP contribution in [0.15, 0.2) is 53.6 Å². The highest BCUT2D eigenvalue weighted by Crippen LogP contribution is 2.26. The monoisotopic (exact) mass is 411 g/mol. The van der Waals surface area contributed by atoms with Crippen molar-refractivity contribution in [3.8, 4) is 0 Å². The molecular formula is C22H25N3O3S. The number of piperidine rings is 1. The number of amides is 1. The number of carbonyl (C=O) groups is 1. The minimum atomic E-state index is -3.55. The number of H-pyrrole nitrogens is 1. The first-order valence-corrected chi connectivity index (χ1v) is 11.3. The van der Waals surface area contributed by atoms with Crippen LogP contribution in [-0.2, 0) is 21.2 Å². The number of benzene rings is 2. The lowest BCUT2D eigenvalue weighted by atomic mass is 10.1. The van der Waals surface area contributed by atoms with Gasteiger partial charge in [-0.25, -0.2) is 8.42 Å². The highest BCUT2D eigenvalue weighted by atomic mass is 32.2. The van der Waals surface area contributed by atoms with Crippen LogP contribution in [0, 0.1) is 6.92 Å². The average Bonchev–Trinajstić information content (AvgIpc) is 3.13. The number of hydrogen-bond acceptors (Lipinski definition) is 3. The zero-order chi connectivity index (χ0) is 20.4. The van der Waals surface area contributed by atoms with Crippen molar-refractivity contribution in [2.75, 3.05) is 18.4 Å². The number of aryl methyl sites for hydroxylation is 1. The summed E-state index contributed by atoms with van der Waals surface area (Å²) < 4.78 is 27.7. The van der Waals surface area contributed by atoms with Crippen molar-refractivity contribution in [2.45, 2.75) is 37.5 Å². The number of nitrogens with zero attached hydrogens (tertiary/aromatic N) is 1. The lowest BCUT2D eigenvalue weighted by Gasteiger charge is -2.26. The van der Waals surface area contributed by atoms with Gasteiger partial charge in [0.15, 0.2) is 0 Å². The standard InChI is InChI=1S/C22H25N3O3S/c1-16-9-10-18(14-21(16)29(27,28)25-11-5-2-6-12-25)24-22(26)13-17-15-23-20-8-4-3-7-19(17)20/h3-4,7-10,14-15,23H,2,5-6,11-13H2,1H3,(H,24,26). The largest absolute Gasteiger partial charge is 0.361 e. The molecule has 0 aliphatic carbocycles. The highest BCUT2D eigenvalue weighted by molar-refractivity contribution is 7.89. The van der Waals surface area contributed by atoms with Gasteiger partial charge >= 0.3 is 0 Å². The van der Waals surface area contributed by atoms with Gasteiger partial charge in [-0.1, -0.05) is 30.7 Å². The maximum atomic E-state index is 13.1. The second-order valence-corrected chi connectivity index (χ2v) is 9.44. The SMILES string of the molecule is Cc1ccc(NC(=O)Cc2c[nH]c3ccccc23)cc1S(=O)(=O)N1CCCCC1. The molecule has 2 aromatic carbocycles. The number of para-hydroxylation sites is 1. The Balaban J connectivity index is 1.53. The second kappa shape index (κ2) is 8.00. The van der Waals surface area contributed by atoms with Crippen LogP contribution in [0.25, 0.3) is 10.9 Å². The Hall–Kier alpha value is -2.64. The lowest BCUT2D eigenvalue weighted by Crippen LogP contribution is -2.36. The third-order valence-corrected chi connectivity index (χ3v) is 7.47. The van der Waals surface area contributed by atoms with E-state index >= 15 is 0 Å². The summed E-state index contributed by atoms with van der Waals surface area (Å²) in [7, 11) is -3.55. The number of fused-ring (bicyclic) bond motifs is 1. The molecule has 1 aliphatic heterocycles. The van der Waals surface area contributed by atoms with E-state index < -0.39 is 10.0 Å². The smallest absolute Gasteiger partial charge is 0.243 e. The van der Waals surface area contributed by atoms with E-state index in [9.17, 15) is 13.2 Å². The number of anilines is 1. The molecule has 0 atom stereocenters. The average molecular weight is 412 g/mol. The maximum absolute atomic E-state index is 13.1. The van der Waals surface area contributed by atoms with Crippen molar-refractivity contribution in [2.24, 2.45) is 0 Å². The number of aromatic amines is 1. The van der Waals surface area contributed by atoms with E-state index in [4.69, 9.17) is 0 Å². The summed E-state index contributed by atoms with van der Waals surface area (Å²) in [6, 6.07) is 12.9. The Morgan fingerprint density at radius 3 is 2.66 bits per heavy atom. The van der Waals surface area contributed by atoms with Crippen LogP contribution in [0.5, 0.6) is 0 Å². The topological polar surface area (TPSA) is 82.3 Å². The first-order chi connectivity index (χ1) is 13.9. The zero-order valence-corrected chi connectivity index (χ0v) is 17.3. The second-order valence-electron chi connectivity index (χ2n) is 7.53. The number of nitrogens with one attached hydrogen (secondary N) is 2. The molecule has 0 radical (unpaired) electrons. The number of sulfonamides is 1. The van der Waals surface area contributed by atoms with Crippen LogP contribution in [0.4, 0.5) is 5.69 Å². The van der Waals surface area contributed by atoms with E-state index in [2.05, 4.69) is 10.3 Å². The first-order valence-electron chi connectivity index (χ1n) is 9.91. The highest BCUT2D eigenvalue weighted by Gasteiger charge is 2.27. The van der Waals surface area contributed by atoms with Gasteiger partial charge in [0.2, 0.25) is 15.9 Å². The predicted octanol–water partition coefficient (Wildman–Crippen LogP) is 3.83. The molecule has 4 rings (SSSR count). The molecule has 3 aromatic rings. The Morgan fingerprint density at radius 2 is 1.86 bits per heavy atom. The van der Waals surface area contributed by atoms with E-state index in [-0.39, 0.29) is 17.2 Å². The van der Waals surface area contributed by atoms with Crippen LogP contribution < -0.4 is 5.32 Å². The molecule has 1 saturated heterocycles. The number of rotatable bonds is 5. The van der Waals surface area contributed by atoms with Crippen molar-refractivity contribution in [3.63, 3.8) is 0 Å². The molecule has 29 heavy (non-hydrogen) atoms. The molecule has 0 saturated carbocycles. The van der Waals surface area contributed by atoms with E-state index in [1.807, 2.05) is 30.5 Å². The number of hydrogen-bond donors (Lipinski definition) is 2. The summed E-state index contributed by atoms with van der Waals surface area (Å²) >= 11 is 0. The van der Waals surface area contributed by atoms with E-state index in [0.29, 0.717) is 24.3 Å². The molecule has 1 fully saturated rings. The summed E-state index contributed by atoms with van der Waals surface area (Å²) in [5.41, 5.74) is 3.08. The van der Waals surface area contributed by atoms with Gasteiger partial charge in [-0.2, -0.15) is 4.31 Å². The Labute approximate surface area is 171 Å². The van der Waals surface area contributed by atoms with Crippen molar-refractivity contribution >= 4 is 32.5 Å². The van der Waals surface area contributed by atoms with E-state index in [1.165, 1.54) is 0 Å². The Kier molecular flexibility index (Phi) is 5.43. The quantitative estimate of drug-likeness (QED) is 0.669. The molecule has 2 N–H and O–H groups in total. The summed E-state index contributed by atoms with van der Waals surface area (Å²) in [5.74, 6) is -0.181. The van der Waals surface area contributed by atoms with Crippen LogP contribution in [-0.4, -0.2) is 36.7 Å². The van der Waals surface area contributed by atoms with Crippen molar-refractivity contribution in [3.05, 3.63) is 59.8 Å². The molecule has 0 unspecified atom stereocenters. The maximum Gasteiger partial charge on any atom is 0.243 e. The molecule has 7 heteroatoms. The van der Waals surface area contributed by atoms with Gasteiger partial charge < -0.3 is 10.3 Å². The van der Waals surface area contributed by atoms with E-state index in [1.54, 1.807) is 29.4 Å². The van der Waals surface area contributed by atoms with Crippen LogP contribution >= 0.6 is 0 Å². The van der Waals surface area contributed by atoms with Gasteiger partial charge in [-0.05, 0) is 49.1 Å². The van der Waals surface area contributed by atoms with Crippen LogP contribution in [0.3, 0.4) is 0 Å². The molecule has 1 amide bonds. The minimum Gasteiger partial charge on any atom is -0.361 e. The molecule has 0 spiro atoms. The van der Waals surface area contributed by atoms with Gasteiger partial charge in [-0.15, -0.1) is 0 Å². The van der Waals surface area contributed by atoms with E-state index in [0.717, 1.165) is 35.7 Å². The minimum absolute atomic E-state index is 0.181. The van der Waals surface area contributed by atoms with Crippen molar-refractivity contribution < 1.29 is 13.2 Å². The predicted molar refractivity (Wildman–Crippen MR) is 114 cm³/mol. The molecule has 0 bridgehead atoms. The molecule has 152 valence electrons. The third kappa shape index (κ3) is 4.06. The molecule has 1 aromatic heterocycles. The van der Waals surface area contributed by atoms with Crippen molar-refractivity contribution in [1.82, 2.24) is 9.29 Å². The van der Waals surface area contributed by atoms with Crippen molar-refractivity contribution in [1.29, 1.82) is 0 Å². The fraction of sp³-hybridized carbons (Fsp3) is 0.318. The summed E-state index contributed by atoms with van der Waals surface area (Å²) in [4.78, 5) is 16.0. The van der Waals surface area contributed by atoms with Gasteiger partial charge in [0, 0.05) is 35.9 Å². The van der Waals surface area contributed by atoms with Crippen LogP contribution in [0.2, 0.25) is 0 Å². The molecule has 1 aliphatic rings. The fourth-order valence-electron chi connectivity index (χ4n) is 3.86. The normalized spacial score (nSPS) is 15.5. The zero-order valence-electron chi connectivity index (χ0n) is 16.4. The molecular weight excluding hydrogens is 386 g/mol. The summed E-state index contributed by atoms with van der Waals surface area (Å²) in [6.45, 7) is 2.90. The Morgan fingerprint density at radius 1 is 1.10 bits per heavy atom. The van der Waals surface area contributed by atoms with Gasteiger partial charge in [-0.3, -0.25) is 4.79 Å². The van der Waals surface area contributed by atoms with Gasteiger partial charge in [0.25, 0.3) is 0 Å².